The Morgan fingerprint density at radius 1 is 1.08 bits per heavy atom. The Hall–Kier alpha value is -3.65. The van der Waals surface area contributed by atoms with E-state index in [9.17, 15) is 9.59 Å². The number of fused-ring (bicyclic) bond motifs is 1. The number of aryl methyl sites for hydroxylation is 1. The fourth-order valence-corrected chi connectivity index (χ4v) is 5.41. The molecule has 0 saturated heterocycles. The van der Waals surface area contributed by atoms with E-state index in [-0.39, 0.29) is 22.2 Å². The molecule has 0 aliphatic carbocycles. The maximum absolute atomic E-state index is 13.0. The van der Waals surface area contributed by atoms with Crippen molar-refractivity contribution < 1.29 is 23.8 Å². The number of nitrogens with zero attached hydrogens (tertiary/aromatic N) is 1. The zero-order valence-electron chi connectivity index (χ0n) is 19.7. The highest BCUT2D eigenvalue weighted by Gasteiger charge is 2.25. The van der Waals surface area contributed by atoms with Crippen molar-refractivity contribution in [3.05, 3.63) is 98.0 Å². The Labute approximate surface area is 226 Å². The van der Waals surface area contributed by atoms with Gasteiger partial charge in [-0.2, -0.15) is 0 Å². The van der Waals surface area contributed by atoms with E-state index in [2.05, 4.69) is 4.99 Å². The monoisotopic (exact) mass is 551 g/mol. The summed E-state index contributed by atoms with van der Waals surface area (Å²) < 4.78 is 17.5. The number of rotatable bonds is 6. The molecule has 0 bridgehead atoms. The van der Waals surface area contributed by atoms with Crippen LogP contribution in [0.4, 0.5) is 0 Å². The second-order valence-corrected chi connectivity index (χ2v) is 9.99. The highest BCUT2D eigenvalue weighted by Crippen LogP contribution is 2.38. The van der Waals surface area contributed by atoms with Gasteiger partial charge in [0.15, 0.2) is 17.2 Å². The SMILES string of the molecule is CCOc1cc(/C=C2/N=C(c3cccc(C)c3)OC2=O)ccc1OC(=O)c1sc2cc(Cl)ccc2c1Cl. The molecule has 6 nitrogen and oxygen atoms in total. The first-order chi connectivity index (χ1) is 17.8. The number of carbonyl (C=O) groups is 2. The minimum Gasteiger partial charge on any atom is -0.490 e. The molecule has 0 atom stereocenters. The van der Waals surface area contributed by atoms with Crippen LogP contribution in [0.25, 0.3) is 16.2 Å². The Morgan fingerprint density at radius 3 is 2.70 bits per heavy atom. The summed E-state index contributed by atoms with van der Waals surface area (Å²) in [7, 11) is 0. The molecular weight excluding hydrogens is 533 g/mol. The van der Waals surface area contributed by atoms with Crippen LogP contribution in [-0.4, -0.2) is 24.4 Å². The van der Waals surface area contributed by atoms with E-state index in [0.29, 0.717) is 28.0 Å². The van der Waals surface area contributed by atoms with Crippen molar-refractivity contribution >= 4 is 68.5 Å². The van der Waals surface area contributed by atoms with Crippen LogP contribution in [0.1, 0.15) is 33.3 Å². The van der Waals surface area contributed by atoms with E-state index >= 15 is 0 Å². The van der Waals surface area contributed by atoms with Gasteiger partial charge in [0.25, 0.3) is 0 Å². The summed E-state index contributed by atoms with van der Waals surface area (Å²) >= 11 is 13.7. The summed E-state index contributed by atoms with van der Waals surface area (Å²) in [5.74, 6) is -0.360. The summed E-state index contributed by atoms with van der Waals surface area (Å²) in [6.07, 6.45) is 1.59. The maximum atomic E-state index is 13.0. The zero-order chi connectivity index (χ0) is 26.1. The lowest BCUT2D eigenvalue weighted by Gasteiger charge is -2.11. The van der Waals surface area contributed by atoms with E-state index in [1.54, 1.807) is 42.5 Å². The first kappa shape index (κ1) is 25.0. The highest BCUT2D eigenvalue weighted by atomic mass is 35.5. The molecule has 1 aromatic heterocycles. The third-order valence-corrected chi connectivity index (χ3v) is 7.31. The van der Waals surface area contributed by atoms with Gasteiger partial charge in [0, 0.05) is 20.7 Å². The van der Waals surface area contributed by atoms with Gasteiger partial charge in [0.1, 0.15) is 4.88 Å². The fourth-order valence-electron chi connectivity index (χ4n) is 3.75. The summed E-state index contributed by atoms with van der Waals surface area (Å²) in [6, 6.07) is 17.7. The van der Waals surface area contributed by atoms with Crippen LogP contribution in [0.3, 0.4) is 0 Å². The number of halogens is 2. The molecule has 0 amide bonds. The number of hydrogen-bond donors (Lipinski definition) is 0. The van der Waals surface area contributed by atoms with Crippen molar-refractivity contribution in [3.63, 3.8) is 0 Å². The number of esters is 2. The lowest BCUT2D eigenvalue weighted by molar-refractivity contribution is -0.129. The minimum atomic E-state index is -0.610. The topological polar surface area (TPSA) is 74.2 Å². The molecule has 0 spiro atoms. The number of hydrogen-bond acceptors (Lipinski definition) is 7. The molecule has 5 rings (SSSR count). The van der Waals surface area contributed by atoms with Crippen LogP contribution in [0.15, 0.2) is 71.4 Å². The predicted molar refractivity (Wildman–Crippen MR) is 146 cm³/mol. The third-order valence-electron chi connectivity index (χ3n) is 5.44. The molecule has 0 radical (unpaired) electrons. The molecule has 0 unspecified atom stereocenters. The van der Waals surface area contributed by atoms with Crippen LogP contribution in [0.5, 0.6) is 11.5 Å². The van der Waals surface area contributed by atoms with Gasteiger partial charge in [-0.15, -0.1) is 11.3 Å². The lowest BCUT2D eigenvalue weighted by Crippen LogP contribution is -2.08. The molecule has 4 aromatic rings. The van der Waals surface area contributed by atoms with Gasteiger partial charge >= 0.3 is 11.9 Å². The number of carbonyl (C=O) groups excluding carboxylic acids is 2. The van der Waals surface area contributed by atoms with Crippen molar-refractivity contribution in [3.8, 4) is 11.5 Å². The normalized spacial score (nSPS) is 14.1. The van der Waals surface area contributed by atoms with Crippen molar-refractivity contribution in [1.82, 2.24) is 0 Å². The molecule has 186 valence electrons. The molecular formula is C28H19Cl2NO5S. The second-order valence-electron chi connectivity index (χ2n) is 8.12. The molecule has 9 heteroatoms. The summed E-state index contributed by atoms with van der Waals surface area (Å²) in [6.45, 7) is 4.10. The summed E-state index contributed by atoms with van der Waals surface area (Å²) in [4.78, 5) is 30.0. The zero-order valence-corrected chi connectivity index (χ0v) is 22.0. The van der Waals surface area contributed by atoms with Gasteiger partial charge in [-0.1, -0.05) is 53.0 Å². The van der Waals surface area contributed by atoms with Gasteiger partial charge in [0.05, 0.1) is 11.6 Å². The number of cyclic esters (lactones) is 1. The van der Waals surface area contributed by atoms with Crippen molar-refractivity contribution in [1.29, 1.82) is 0 Å². The molecule has 1 aliphatic heterocycles. The molecule has 1 aliphatic rings. The first-order valence-corrected chi connectivity index (χ1v) is 12.9. The van der Waals surface area contributed by atoms with Crippen LogP contribution < -0.4 is 9.47 Å². The molecule has 0 fully saturated rings. The van der Waals surface area contributed by atoms with Crippen LogP contribution >= 0.6 is 34.5 Å². The molecule has 3 aromatic carbocycles. The van der Waals surface area contributed by atoms with Crippen molar-refractivity contribution in [2.24, 2.45) is 4.99 Å². The van der Waals surface area contributed by atoms with Crippen molar-refractivity contribution in [2.45, 2.75) is 13.8 Å². The van der Waals surface area contributed by atoms with Gasteiger partial charge in [-0.05, 0) is 61.9 Å². The Kier molecular flexibility index (Phi) is 7.02. The predicted octanol–water partition coefficient (Wildman–Crippen LogP) is 7.48. The number of thiophene rings is 1. The van der Waals surface area contributed by atoms with Gasteiger partial charge in [-0.25, -0.2) is 14.6 Å². The first-order valence-electron chi connectivity index (χ1n) is 11.3. The Morgan fingerprint density at radius 2 is 1.92 bits per heavy atom. The smallest absolute Gasteiger partial charge is 0.363 e. The molecule has 0 saturated carbocycles. The van der Waals surface area contributed by atoms with E-state index in [4.69, 9.17) is 37.4 Å². The Balaban J connectivity index is 1.42. The minimum absolute atomic E-state index is 0.152. The second kappa shape index (κ2) is 10.4. The maximum Gasteiger partial charge on any atom is 0.363 e. The largest absolute Gasteiger partial charge is 0.490 e. The lowest BCUT2D eigenvalue weighted by atomic mass is 10.1. The van der Waals surface area contributed by atoms with E-state index in [1.165, 1.54) is 11.3 Å². The van der Waals surface area contributed by atoms with E-state index in [0.717, 1.165) is 21.2 Å². The van der Waals surface area contributed by atoms with Crippen LogP contribution in [0.2, 0.25) is 10.0 Å². The quantitative estimate of drug-likeness (QED) is 0.141. The summed E-state index contributed by atoms with van der Waals surface area (Å²) in [5.41, 5.74) is 2.52. The number of ether oxygens (including phenoxy) is 3. The van der Waals surface area contributed by atoms with Gasteiger partial charge in [-0.3, -0.25) is 0 Å². The number of benzene rings is 3. The molecule has 0 N–H and O–H groups in total. The molecule has 2 heterocycles. The number of aliphatic imine (C=N–C) groups is 1. The van der Waals surface area contributed by atoms with E-state index < -0.39 is 11.9 Å². The van der Waals surface area contributed by atoms with Crippen LogP contribution in [0, 0.1) is 6.92 Å². The van der Waals surface area contributed by atoms with Crippen molar-refractivity contribution in [2.75, 3.05) is 6.61 Å². The molecule has 37 heavy (non-hydrogen) atoms. The van der Waals surface area contributed by atoms with E-state index in [1.807, 2.05) is 38.1 Å². The fraction of sp³-hybridized carbons (Fsp3) is 0.107. The highest BCUT2D eigenvalue weighted by molar-refractivity contribution is 7.21. The van der Waals surface area contributed by atoms with Gasteiger partial charge < -0.3 is 14.2 Å². The van der Waals surface area contributed by atoms with Crippen LogP contribution in [-0.2, 0) is 9.53 Å². The Bertz CT molecular complexity index is 1620. The standard InChI is InChI=1S/C28H19Cl2NO5S/c1-3-34-22-13-16(12-20-27(32)36-26(31-20)17-6-4-5-15(2)11-17)7-10-21(22)35-28(33)25-24(30)19-9-8-18(29)14-23(19)37-25/h4-14H,3H2,1-2H3/b20-12+. The average molecular weight is 552 g/mol. The van der Waals surface area contributed by atoms with Gasteiger partial charge in [0.2, 0.25) is 5.90 Å². The average Bonchev–Trinajstić information content (AvgIpc) is 3.40. The third kappa shape index (κ3) is 5.25. The summed E-state index contributed by atoms with van der Waals surface area (Å²) in [5, 5.41) is 1.59.